The fourth-order valence-electron chi connectivity index (χ4n) is 2.15. The normalized spacial score (nSPS) is 20.4. The van der Waals surface area contributed by atoms with Crippen LogP contribution in [0.25, 0.3) is 0 Å². The van der Waals surface area contributed by atoms with Crippen molar-refractivity contribution in [3.63, 3.8) is 0 Å². The Morgan fingerprint density at radius 3 is 2.43 bits per heavy atom. The highest BCUT2D eigenvalue weighted by Gasteiger charge is 2.35. The zero-order chi connectivity index (χ0) is 15.2. The van der Waals surface area contributed by atoms with E-state index in [4.69, 9.17) is 5.11 Å². The number of hydrogen-bond donors (Lipinski definition) is 2. The second-order valence-electron chi connectivity index (χ2n) is 5.05. The molecule has 21 heavy (non-hydrogen) atoms. The summed E-state index contributed by atoms with van der Waals surface area (Å²) in [4.78, 5) is 34.1. The van der Waals surface area contributed by atoms with Crippen LogP contribution < -0.4 is 5.32 Å². The van der Waals surface area contributed by atoms with E-state index in [1.165, 1.54) is 11.8 Å². The zero-order valence-corrected chi connectivity index (χ0v) is 12.3. The molecular formula is C15H17NO4S. The number of carboxylic acids is 1. The molecule has 1 aliphatic rings. The van der Waals surface area contributed by atoms with Crippen LogP contribution in [-0.4, -0.2) is 40.3 Å². The SMILES string of the molecule is O=C(CSCC(=O)c1ccccc1)NC1CC(C(=O)O)C1. The molecule has 1 aliphatic carbocycles. The maximum atomic E-state index is 11.8. The topological polar surface area (TPSA) is 83.5 Å². The van der Waals surface area contributed by atoms with E-state index in [2.05, 4.69) is 5.32 Å². The van der Waals surface area contributed by atoms with E-state index in [0.29, 0.717) is 18.4 Å². The van der Waals surface area contributed by atoms with Crippen LogP contribution in [0, 0.1) is 5.92 Å². The summed E-state index contributed by atoms with van der Waals surface area (Å²) in [5.41, 5.74) is 0.647. The Bertz CT molecular complexity index is 526. The number of benzene rings is 1. The smallest absolute Gasteiger partial charge is 0.306 e. The molecule has 2 N–H and O–H groups in total. The van der Waals surface area contributed by atoms with Crippen LogP contribution in [0.4, 0.5) is 0 Å². The Kier molecular flexibility index (Phi) is 5.38. The standard InChI is InChI=1S/C15H17NO4S/c17-13(10-4-2-1-3-5-10)8-21-9-14(18)16-12-6-11(7-12)15(19)20/h1-5,11-12H,6-9H2,(H,16,18)(H,19,20). The van der Waals surface area contributed by atoms with Gasteiger partial charge in [0.1, 0.15) is 0 Å². The van der Waals surface area contributed by atoms with E-state index in [0.717, 1.165) is 0 Å². The first-order valence-corrected chi connectivity index (χ1v) is 7.90. The summed E-state index contributed by atoms with van der Waals surface area (Å²) in [6, 6.07) is 8.93. The number of Topliss-reactive ketones (excluding diaryl/α,β-unsaturated/α-hetero) is 1. The van der Waals surface area contributed by atoms with Gasteiger partial charge < -0.3 is 10.4 Å². The lowest BCUT2D eigenvalue weighted by Crippen LogP contribution is -2.47. The van der Waals surface area contributed by atoms with Crippen LogP contribution in [0.2, 0.25) is 0 Å². The molecule has 1 aromatic carbocycles. The van der Waals surface area contributed by atoms with Crippen molar-refractivity contribution in [1.82, 2.24) is 5.32 Å². The van der Waals surface area contributed by atoms with E-state index in [9.17, 15) is 14.4 Å². The predicted octanol–water partition coefficient (Wildman–Crippen LogP) is 1.58. The second-order valence-corrected chi connectivity index (χ2v) is 6.04. The summed E-state index contributed by atoms with van der Waals surface area (Å²) in [7, 11) is 0. The number of aliphatic carboxylic acids is 1. The molecule has 6 heteroatoms. The average molecular weight is 307 g/mol. The Morgan fingerprint density at radius 2 is 1.81 bits per heavy atom. The van der Waals surface area contributed by atoms with Crippen molar-refractivity contribution in [1.29, 1.82) is 0 Å². The molecule has 0 bridgehead atoms. The van der Waals surface area contributed by atoms with Crippen molar-refractivity contribution < 1.29 is 19.5 Å². The Morgan fingerprint density at radius 1 is 1.14 bits per heavy atom. The number of carbonyl (C=O) groups excluding carboxylic acids is 2. The van der Waals surface area contributed by atoms with Gasteiger partial charge in [-0.25, -0.2) is 0 Å². The molecule has 0 radical (unpaired) electrons. The van der Waals surface area contributed by atoms with Crippen molar-refractivity contribution >= 4 is 29.4 Å². The third-order valence-corrected chi connectivity index (χ3v) is 4.35. The molecule has 2 rings (SSSR count). The molecule has 1 fully saturated rings. The maximum Gasteiger partial charge on any atom is 0.306 e. The summed E-state index contributed by atoms with van der Waals surface area (Å²) in [6.07, 6.45) is 0.989. The summed E-state index contributed by atoms with van der Waals surface area (Å²) < 4.78 is 0. The third kappa shape index (κ3) is 4.60. The molecule has 0 atom stereocenters. The van der Waals surface area contributed by atoms with E-state index in [1.807, 2.05) is 6.07 Å². The maximum absolute atomic E-state index is 11.8. The monoisotopic (exact) mass is 307 g/mol. The summed E-state index contributed by atoms with van der Waals surface area (Å²) >= 11 is 1.27. The lowest BCUT2D eigenvalue weighted by atomic mass is 9.80. The molecule has 0 saturated heterocycles. The number of carboxylic acid groups (broad SMARTS) is 1. The van der Waals surface area contributed by atoms with Gasteiger partial charge in [-0.15, -0.1) is 11.8 Å². The number of thioether (sulfide) groups is 1. The highest BCUT2D eigenvalue weighted by molar-refractivity contribution is 8.00. The molecule has 0 aliphatic heterocycles. The van der Waals surface area contributed by atoms with E-state index in [-0.39, 0.29) is 35.2 Å². The number of hydrogen-bond acceptors (Lipinski definition) is 4. The molecule has 0 heterocycles. The molecule has 5 nitrogen and oxygen atoms in total. The van der Waals surface area contributed by atoms with Gasteiger partial charge in [0.2, 0.25) is 5.91 Å². The highest BCUT2D eigenvalue weighted by atomic mass is 32.2. The number of ketones is 1. The largest absolute Gasteiger partial charge is 0.481 e. The number of carbonyl (C=O) groups is 3. The molecule has 1 aromatic rings. The van der Waals surface area contributed by atoms with Crippen molar-refractivity contribution in [2.75, 3.05) is 11.5 Å². The quantitative estimate of drug-likeness (QED) is 0.747. The van der Waals surface area contributed by atoms with E-state index >= 15 is 0 Å². The van der Waals surface area contributed by atoms with Gasteiger partial charge in [-0.2, -0.15) is 0 Å². The summed E-state index contributed by atoms with van der Waals surface area (Å²) in [5.74, 6) is -0.796. The van der Waals surface area contributed by atoms with Gasteiger partial charge in [0, 0.05) is 11.6 Å². The Labute approximate surface area is 127 Å². The minimum atomic E-state index is -0.802. The fourth-order valence-corrected chi connectivity index (χ4v) is 2.87. The highest BCUT2D eigenvalue weighted by Crippen LogP contribution is 2.27. The number of amides is 1. The van der Waals surface area contributed by atoms with Crippen LogP contribution in [-0.2, 0) is 9.59 Å². The van der Waals surface area contributed by atoms with Gasteiger partial charge in [0.05, 0.1) is 17.4 Å². The van der Waals surface area contributed by atoms with Gasteiger partial charge >= 0.3 is 5.97 Å². The van der Waals surface area contributed by atoms with Gasteiger partial charge in [-0.05, 0) is 12.8 Å². The van der Waals surface area contributed by atoms with Crippen LogP contribution in [0.1, 0.15) is 23.2 Å². The number of nitrogens with one attached hydrogen (secondary N) is 1. The van der Waals surface area contributed by atoms with Crippen molar-refractivity contribution in [2.24, 2.45) is 5.92 Å². The zero-order valence-electron chi connectivity index (χ0n) is 11.5. The van der Waals surface area contributed by atoms with Crippen LogP contribution >= 0.6 is 11.8 Å². The lowest BCUT2D eigenvalue weighted by molar-refractivity contribution is -0.146. The first-order valence-electron chi connectivity index (χ1n) is 6.74. The van der Waals surface area contributed by atoms with E-state index in [1.54, 1.807) is 24.3 Å². The van der Waals surface area contributed by atoms with Crippen LogP contribution in [0.3, 0.4) is 0 Å². The Hall–Kier alpha value is -1.82. The third-order valence-electron chi connectivity index (χ3n) is 3.41. The molecule has 1 amide bonds. The second kappa shape index (κ2) is 7.26. The van der Waals surface area contributed by atoms with E-state index < -0.39 is 5.97 Å². The fraction of sp³-hybridized carbons (Fsp3) is 0.400. The van der Waals surface area contributed by atoms with Crippen molar-refractivity contribution in [3.05, 3.63) is 35.9 Å². The van der Waals surface area contributed by atoms with Crippen LogP contribution in [0.15, 0.2) is 30.3 Å². The van der Waals surface area contributed by atoms with Gasteiger partial charge in [0.25, 0.3) is 0 Å². The lowest BCUT2D eigenvalue weighted by Gasteiger charge is -2.32. The summed E-state index contributed by atoms with van der Waals surface area (Å²) in [5, 5.41) is 11.5. The molecule has 1 saturated carbocycles. The average Bonchev–Trinajstić information content (AvgIpc) is 2.42. The summed E-state index contributed by atoms with van der Waals surface area (Å²) in [6.45, 7) is 0. The number of rotatable bonds is 7. The molecule has 0 spiro atoms. The Balaban J connectivity index is 1.62. The molecule has 0 unspecified atom stereocenters. The molecule has 112 valence electrons. The van der Waals surface area contributed by atoms with Crippen LogP contribution in [0.5, 0.6) is 0 Å². The van der Waals surface area contributed by atoms with Crippen molar-refractivity contribution in [2.45, 2.75) is 18.9 Å². The predicted molar refractivity (Wildman–Crippen MR) is 80.4 cm³/mol. The minimum absolute atomic E-state index is 0.00276. The van der Waals surface area contributed by atoms with Crippen molar-refractivity contribution in [3.8, 4) is 0 Å². The van der Waals surface area contributed by atoms with Gasteiger partial charge in [0.15, 0.2) is 5.78 Å². The van der Waals surface area contributed by atoms with Gasteiger partial charge in [-0.1, -0.05) is 30.3 Å². The first kappa shape index (κ1) is 15.6. The van der Waals surface area contributed by atoms with Gasteiger partial charge in [-0.3, -0.25) is 14.4 Å². The first-order chi connectivity index (χ1) is 10.1. The molecular weight excluding hydrogens is 290 g/mol. The molecule has 0 aromatic heterocycles. The minimum Gasteiger partial charge on any atom is -0.481 e.